The molecule has 20 heavy (non-hydrogen) atoms. The molecule has 0 bridgehead atoms. The Bertz CT molecular complexity index is 192. The largest absolute Gasteiger partial charge is 0.0885 e. The van der Waals surface area contributed by atoms with Gasteiger partial charge < -0.3 is 0 Å². The van der Waals surface area contributed by atoms with E-state index in [1.165, 1.54) is 89.9 Å². The van der Waals surface area contributed by atoms with Crippen LogP contribution in [0.15, 0.2) is 12.2 Å². The van der Waals surface area contributed by atoms with Crippen LogP contribution in [-0.2, 0) is 0 Å². The Morgan fingerprint density at radius 1 is 0.700 bits per heavy atom. The maximum absolute atomic E-state index is 4.13. The van der Waals surface area contributed by atoms with Crippen LogP contribution in [0.4, 0.5) is 0 Å². The zero-order chi connectivity index (χ0) is 14.9. The summed E-state index contributed by atoms with van der Waals surface area (Å²) in [6.45, 7) is 8.65. The van der Waals surface area contributed by atoms with E-state index >= 15 is 0 Å². The standard InChI is InChI=1S/C20H39/c1-4-6-7-8-9-10-11-12-13-14-15-16-17-18-19-20(3)5-2/h15-16,20H,3-14,17-19H2,1-2H3. The Kier molecular flexibility index (Phi) is 16.6. The molecule has 0 heterocycles. The molecule has 0 amide bonds. The molecule has 119 valence electrons. The van der Waals surface area contributed by atoms with Crippen molar-refractivity contribution in [2.24, 2.45) is 5.92 Å². The smallest absolute Gasteiger partial charge is 0.0351 e. The van der Waals surface area contributed by atoms with Crippen LogP contribution in [0.1, 0.15) is 104 Å². The number of rotatable bonds is 15. The van der Waals surface area contributed by atoms with Crippen molar-refractivity contribution in [3.63, 3.8) is 0 Å². The van der Waals surface area contributed by atoms with E-state index in [9.17, 15) is 0 Å². The Morgan fingerprint density at radius 2 is 1.20 bits per heavy atom. The van der Waals surface area contributed by atoms with Crippen LogP contribution in [0.5, 0.6) is 0 Å². The summed E-state index contributed by atoms with van der Waals surface area (Å²) in [6, 6.07) is 0. The molecule has 1 atom stereocenters. The fourth-order valence-corrected chi connectivity index (χ4v) is 2.54. The van der Waals surface area contributed by atoms with Crippen molar-refractivity contribution in [2.45, 2.75) is 104 Å². The summed E-state index contributed by atoms with van der Waals surface area (Å²) >= 11 is 0. The minimum Gasteiger partial charge on any atom is -0.0885 e. The van der Waals surface area contributed by atoms with E-state index in [1.54, 1.807) is 0 Å². The maximum atomic E-state index is 4.13. The van der Waals surface area contributed by atoms with Crippen molar-refractivity contribution >= 4 is 0 Å². The number of allylic oxidation sites excluding steroid dienone is 2. The molecule has 0 aliphatic heterocycles. The molecule has 0 saturated heterocycles. The molecule has 0 aliphatic carbocycles. The molecule has 0 rings (SSSR count). The monoisotopic (exact) mass is 279 g/mol. The first-order valence-corrected chi connectivity index (χ1v) is 9.29. The van der Waals surface area contributed by atoms with Crippen LogP contribution in [0.2, 0.25) is 0 Å². The molecule has 1 unspecified atom stereocenters. The summed E-state index contributed by atoms with van der Waals surface area (Å²) in [5, 5.41) is 0. The molecule has 0 spiro atoms. The molecule has 0 aromatic rings. The van der Waals surface area contributed by atoms with Crippen LogP contribution in [0.25, 0.3) is 0 Å². The number of hydrogen-bond acceptors (Lipinski definition) is 0. The highest BCUT2D eigenvalue weighted by Gasteiger charge is 1.96. The lowest BCUT2D eigenvalue weighted by Gasteiger charge is -2.05. The molecule has 0 N–H and O–H groups in total. The third-order valence-corrected chi connectivity index (χ3v) is 4.20. The molecule has 0 saturated carbocycles. The van der Waals surface area contributed by atoms with E-state index < -0.39 is 0 Å². The molecule has 0 aromatic carbocycles. The molecule has 0 fully saturated rings. The van der Waals surface area contributed by atoms with Gasteiger partial charge in [0.05, 0.1) is 0 Å². The second-order valence-electron chi connectivity index (χ2n) is 6.29. The molecule has 0 aromatic heterocycles. The van der Waals surface area contributed by atoms with E-state index in [-0.39, 0.29) is 0 Å². The van der Waals surface area contributed by atoms with E-state index in [0.29, 0.717) is 5.92 Å². The minimum absolute atomic E-state index is 0.667. The first kappa shape index (κ1) is 19.7. The Hall–Kier alpha value is -0.260. The van der Waals surface area contributed by atoms with Gasteiger partial charge in [-0.15, -0.1) is 0 Å². The highest BCUT2D eigenvalue weighted by Crippen LogP contribution is 2.12. The lowest BCUT2D eigenvalue weighted by atomic mass is 10.0. The SMILES string of the molecule is [CH2]C(CC)CCCC=CCCCCCCCCCCC. The van der Waals surface area contributed by atoms with Crippen LogP contribution in [-0.4, -0.2) is 0 Å². The van der Waals surface area contributed by atoms with Gasteiger partial charge in [-0.3, -0.25) is 0 Å². The molecule has 0 nitrogen and oxygen atoms in total. The molecular formula is C20H39. The summed E-state index contributed by atoms with van der Waals surface area (Å²) < 4.78 is 0. The average Bonchev–Trinajstić information content (AvgIpc) is 2.47. The van der Waals surface area contributed by atoms with E-state index in [1.807, 2.05) is 0 Å². The average molecular weight is 280 g/mol. The second-order valence-corrected chi connectivity index (χ2v) is 6.29. The van der Waals surface area contributed by atoms with E-state index in [4.69, 9.17) is 0 Å². The highest BCUT2D eigenvalue weighted by atomic mass is 14.0. The van der Waals surface area contributed by atoms with Gasteiger partial charge in [-0.1, -0.05) is 97.1 Å². The Labute approximate surface area is 129 Å². The van der Waals surface area contributed by atoms with Crippen LogP contribution in [0, 0.1) is 12.8 Å². The Balaban J connectivity index is 3.08. The third kappa shape index (κ3) is 15.8. The van der Waals surface area contributed by atoms with Crippen molar-refractivity contribution in [3.8, 4) is 0 Å². The number of unbranched alkanes of at least 4 members (excludes halogenated alkanes) is 10. The normalized spacial score (nSPS) is 13.2. The van der Waals surface area contributed by atoms with Crippen LogP contribution in [0.3, 0.4) is 0 Å². The fourth-order valence-electron chi connectivity index (χ4n) is 2.54. The van der Waals surface area contributed by atoms with Crippen molar-refractivity contribution in [1.82, 2.24) is 0 Å². The van der Waals surface area contributed by atoms with Gasteiger partial charge in [-0.25, -0.2) is 0 Å². The van der Waals surface area contributed by atoms with Gasteiger partial charge in [-0.05, 0) is 31.6 Å². The predicted molar refractivity (Wildman–Crippen MR) is 94.0 cm³/mol. The zero-order valence-corrected chi connectivity index (χ0v) is 14.3. The summed E-state index contributed by atoms with van der Waals surface area (Å²) in [4.78, 5) is 0. The number of hydrogen-bond donors (Lipinski definition) is 0. The van der Waals surface area contributed by atoms with Gasteiger partial charge in [0, 0.05) is 0 Å². The van der Waals surface area contributed by atoms with Gasteiger partial charge >= 0.3 is 0 Å². The second kappa shape index (κ2) is 16.8. The van der Waals surface area contributed by atoms with Gasteiger partial charge in [0.25, 0.3) is 0 Å². The first-order chi connectivity index (χ1) is 9.81. The Morgan fingerprint density at radius 3 is 1.75 bits per heavy atom. The van der Waals surface area contributed by atoms with Crippen LogP contribution < -0.4 is 0 Å². The summed E-state index contributed by atoms with van der Waals surface area (Å²) in [6.07, 6.45) is 24.0. The highest BCUT2D eigenvalue weighted by molar-refractivity contribution is 4.81. The topological polar surface area (TPSA) is 0 Å². The van der Waals surface area contributed by atoms with Crippen molar-refractivity contribution < 1.29 is 0 Å². The van der Waals surface area contributed by atoms with Gasteiger partial charge in [0.15, 0.2) is 0 Å². The predicted octanol–water partition coefficient (Wildman–Crippen LogP) is 7.49. The third-order valence-electron chi connectivity index (χ3n) is 4.20. The summed E-state index contributed by atoms with van der Waals surface area (Å²) in [5.41, 5.74) is 0. The van der Waals surface area contributed by atoms with Crippen molar-refractivity contribution in [2.75, 3.05) is 0 Å². The quantitative estimate of drug-likeness (QED) is 0.215. The lowest BCUT2D eigenvalue weighted by molar-refractivity contribution is 0.545. The van der Waals surface area contributed by atoms with E-state index in [2.05, 4.69) is 32.9 Å². The van der Waals surface area contributed by atoms with Crippen molar-refractivity contribution in [1.29, 1.82) is 0 Å². The van der Waals surface area contributed by atoms with Crippen LogP contribution >= 0.6 is 0 Å². The molecule has 0 heteroatoms. The summed E-state index contributed by atoms with van der Waals surface area (Å²) in [5.74, 6) is 0.667. The maximum Gasteiger partial charge on any atom is -0.0351 e. The van der Waals surface area contributed by atoms with Gasteiger partial charge in [0.1, 0.15) is 0 Å². The van der Waals surface area contributed by atoms with E-state index in [0.717, 1.165) is 0 Å². The minimum atomic E-state index is 0.667. The summed E-state index contributed by atoms with van der Waals surface area (Å²) in [7, 11) is 0. The first-order valence-electron chi connectivity index (χ1n) is 9.29. The van der Waals surface area contributed by atoms with Gasteiger partial charge in [-0.2, -0.15) is 0 Å². The van der Waals surface area contributed by atoms with Gasteiger partial charge in [0.2, 0.25) is 0 Å². The molecule has 0 aliphatic rings. The molecule has 1 radical (unpaired) electrons. The fraction of sp³-hybridized carbons (Fsp3) is 0.850. The lowest BCUT2D eigenvalue weighted by Crippen LogP contribution is -1.90. The molecular weight excluding hydrogens is 240 g/mol. The van der Waals surface area contributed by atoms with Crippen molar-refractivity contribution in [3.05, 3.63) is 19.1 Å². The zero-order valence-electron chi connectivity index (χ0n) is 14.3.